The molecular weight excluding hydrogens is 356 g/mol. The molecule has 0 fully saturated rings. The Morgan fingerprint density at radius 3 is 2.71 bits per heavy atom. The van der Waals surface area contributed by atoms with Crippen LogP contribution in [-0.2, 0) is 6.54 Å². The first-order chi connectivity index (χ1) is 8.06. The van der Waals surface area contributed by atoms with E-state index < -0.39 is 4.92 Å². The topological polar surface area (TPSA) is 73.8 Å². The summed E-state index contributed by atoms with van der Waals surface area (Å²) < 4.78 is 2.71. The second-order valence-corrected chi connectivity index (χ2v) is 4.99. The first-order valence-electron chi connectivity index (χ1n) is 4.54. The third-order valence-electron chi connectivity index (χ3n) is 1.98. The van der Waals surface area contributed by atoms with Crippen LogP contribution < -0.4 is 0 Å². The van der Waals surface area contributed by atoms with Crippen LogP contribution in [0.3, 0.4) is 0 Å². The molecule has 17 heavy (non-hydrogen) atoms. The van der Waals surface area contributed by atoms with E-state index >= 15 is 0 Å². The third kappa shape index (κ3) is 2.89. The maximum atomic E-state index is 10.6. The van der Waals surface area contributed by atoms with Crippen LogP contribution in [0.1, 0.15) is 5.69 Å². The molecule has 0 radical (unpaired) electrons. The number of rotatable bonds is 3. The Hall–Kier alpha value is -1.28. The van der Waals surface area contributed by atoms with Gasteiger partial charge in [0.25, 0.3) is 0 Å². The monoisotopic (exact) mass is 360 g/mol. The van der Waals surface area contributed by atoms with Gasteiger partial charge in [-0.25, -0.2) is 0 Å². The Morgan fingerprint density at radius 2 is 2.18 bits per heavy atom. The van der Waals surface area contributed by atoms with Gasteiger partial charge in [0.1, 0.15) is 11.0 Å². The minimum atomic E-state index is -0.532. The molecule has 0 saturated heterocycles. The molecule has 0 atom stereocenters. The summed E-state index contributed by atoms with van der Waals surface area (Å²) >= 11 is 6.37. The average Bonchev–Trinajstić information content (AvgIpc) is 2.63. The number of halogens is 2. The minimum Gasteiger partial charge on any atom is -0.358 e. The smallest absolute Gasteiger partial charge is 0.358 e. The highest BCUT2D eigenvalue weighted by Gasteiger charge is 2.18. The largest absolute Gasteiger partial charge is 0.404 e. The summed E-state index contributed by atoms with van der Waals surface area (Å²) in [6.07, 6.45) is 3.23. The van der Waals surface area contributed by atoms with Crippen LogP contribution in [0.2, 0.25) is 0 Å². The molecule has 0 saturated carbocycles. The van der Waals surface area contributed by atoms with Crippen LogP contribution in [0, 0.1) is 10.1 Å². The van der Waals surface area contributed by atoms with Gasteiger partial charge in [0.15, 0.2) is 0 Å². The summed E-state index contributed by atoms with van der Waals surface area (Å²) in [5, 5.41) is 14.5. The van der Waals surface area contributed by atoms with Crippen LogP contribution >= 0.6 is 31.9 Å². The predicted molar refractivity (Wildman–Crippen MR) is 67.6 cm³/mol. The summed E-state index contributed by atoms with van der Waals surface area (Å²) in [6.45, 7) is 0.389. The van der Waals surface area contributed by atoms with Gasteiger partial charge in [0.2, 0.25) is 0 Å². The van der Waals surface area contributed by atoms with E-state index in [-0.39, 0.29) is 5.82 Å². The van der Waals surface area contributed by atoms with Crippen LogP contribution in [-0.4, -0.2) is 19.7 Å². The molecule has 88 valence electrons. The fraction of sp³-hybridized carbons (Fsp3) is 0.111. The predicted octanol–water partition coefficient (Wildman–Crippen LogP) is 2.76. The molecule has 6 nitrogen and oxygen atoms in total. The molecule has 2 heterocycles. The Bertz CT molecular complexity index is 553. The van der Waals surface area contributed by atoms with Gasteiger partial charge >= 0.3 is 5.82 Å². The maximum Gasteiger partial charge on any atom is 0.404 e. The van der Waals surface area contributed by atoms with Crippen molar-refractivity contribution >= 4 is 37.7 Å². The summed E-state index contributed by atoms with van der Waals surface area (Å²) in [4.78, 5) is 14.2. The first-order valence-corrected chi connectivity index (χ1v) is 6.12. The number of pyridine rings is 1. The van der Waals surface area contributed by atoms with Gasteiger partial charge in [0, 0.05) is 10.7 Å². The lowest BCUT2D eigenvalue weighted by Crippen LogP contribution is -2.02. The van der Waals surface area contributed by atoms with Crippen LogP contribution in [0.4, 0.5) is 5.82 Å². The van der Waals surface area contributed by atoms with E-state index in [9.17, 15) is 10.1 Å². The average molecular weight is 362 g/mol. The lowest BCUT2D eigenvalue weighted by atomic mass is 10.3. The van der Waals surface area contributed by atoms with Gasteiger partial charge in [-0.3, -0.25) is 4.98 Å². The summed E-state index contributed by atoms with van der Waals surface area (Å²) in [6, 6.07) is 3.68. The van der Waals surface area contributed by atoms with Gasteiger partial charge in [-0.1, -0.05) is 0 Å². The Morgan fingerprint density at radius 1 is 1.41 bits per heavy atom. The highest BCUT2D eigenvalue weighted by Crippen LogP contribution is 2.22. The van der Waals surface area contributed by atoms with E-state index in [1.165, 1.54) is 4.68 Å². The zero-order valence-electron chi connectivity index (χ0n) is 8.38. The van der Waals surface area contributed by atoms with Crippen molar-refractivity contribution in [2.75, 3.05) is 0 Å². The van der Waals surface area contributed by atoms with Gasteiger partial charge in [0.05, 0.1) is 17.0 Å². The zero-order chi connectivity index (χ0) is 12.4. The van der Waals surface area contributed by atoms with E-state index in [2.05, 4.69) is 41.9 Å². The van der Waals surface area contributed by atoms with Crippen molar-refractivity contribution in [2.45, 2.75) is 6.54 Å². The molecule has 0 aliphatic carbocycles. The Labute approximate surface area is 113 Å². The van der Waals surface area contributed by atoms with Crippen LogP contribution in [0.25, 0.3) is 0 Å². The van der Waals surface area contributed by atoms with Crippen molar-refractivity contribution in [1.29, 1.82) is 0 Å². The molecule has 0 aliphatic heterocycles. The van der Waals surface area contributed by atoms with Gasteiger partial charge in [-0.2, -0.15) is 4.68 Å². The Balaban J connectivity index is 2.22. The fourth-order valence-electron chi connectivity index (χ4n) is 1.26. The van der Waals surface area contributed by atoms with Crippen molar-refractivity contribution in [2.24, 2.45) is 0 Å². The number of nitro groups is 1. The molecule has 2 aromatic heterocycles. The standard InChI is InChI=1S/C9H6Br2N4O2/c10-6-1-2-7(12-3-6)4-14-5-8(11)9(13-14)15(16)17/h1-3,5H,4H2. The summed E-state index contributed by atoms with van der Waals surface area (Å²) in [7, 11) is 0. The molecule has 0 spiro atoms. The highest BCUT2D eigenvalue weighted by molar-refractivity contribution is 9.10. The van der Waals surface area contributed by atoms with E-state index in [1.54, 1.807) is 12.4 Å². The van der Waals surface area contributed by atoms with Crippen molar-refractivity contribution in [3.05, 3.63) is 49.3 Å². The molecule has 0 bridgehead atoms. The second-order valence-electron chi connectivity index (χ2n) is 3.22. The Kier molecular flexibility index (Phi) is 3.53. The van der Waals surface area contributed by atoms with Gasteiger partial charge < -0.3 is 10.1 Å². The van der Waals surface area contributed by atoms with Crippen LogP contribution in [0.15, 0.2) is 33.5 Å². The molecule has 0 aliphatic rings. The molecule has 0 amide bonds. The van der Waals surface area contributed by atoms with Gasteiger partial charge in [-0.05, 0) is 48.9 Å². The van der Waals surface area contributed by atoms with E-state index in [1.807, 2.05) is 12.1 Å². The third-order valence-corrected chi connectivity index (χ3v) is 3.01. The van der Waals surface area contributed by atoms with E-state index in [0.717, 1.165) is 10.2 Å². The lowest BCUT2D eigenvalue weighted by molar-refractivity contribution is -0.390. The molecule has 8 heteroatoms. The zero-order valence-corrected chi connectivity index (χ0v) is 11.5. The fourth-order valence-corrected chi connectivity index (χ4v) is 1.95. The molecule has 2 rings (SSSR count). The van der Waals surface area contributed by atoms with E-state index in [4.69, 9.17) is 0 Å². The SMILES string of the molecule is O=[N+]([O-])c1nn(Cc2ccc(Br)cn2)cc1Br. The van der Waals surface area contributed by atoms with Gasteiger partial charge in [-0.15, -0.1) is 0 Å². The summed E-state index contributed by atoms with van der Waals surface area (Å²) in [5.41, 5.74) is 0.776. The molecular formula is C9H6Br2N4O2. The molecule has 0 aromatic carbocycles. The van der Waals surface area contributed by atoms with Crippen molar-refractivity contribution in [1.82, 2.24) is 14.8 Å². The van der Waals surface area contributed by atoms with E-state index in [0.29, 0.717) is 11.0 Å². The normalized spacial score (nSPS) is 10.5. The number of nitrogens with zero attached hydrogens (tertiary/aromatic N) is 4. The molecule has 0 N–H and O–H groups in total. The highest BCUT2D eigenvalue weighted by atomic mass is 79.9. The second kappa shape index (κ2) is 4.92. The van der Waals surface area contributed by atoms with Crippen molar-refractivity contribution < 1.29 is 4.92 Å². The number of hydrogen-bond acceptors (Lipinski definition) is 4. The molecule has 0 unspecified atom stereocenters. The lowest BCUT2D eigenvalue weighted by Gasteiger charge is -1.97. The van der Waals surface area contributed by atoms with Crippen molar-refractivity contribution in [3.63, 3.8) is 0 Å². The number of hydrogen-bond donors (Lipinski definition) is 0. The maximum absolute atomic E-state index is 10.6. The van der Waals surface area contributed by atoms with Crippen LogP contribution in [0.5, 0.6) is 0 Å². The quantitative estimate of drug-likeness (QED) is 0.622. The molecule has 2 aromatic rings. The summed E-state index contributed by atoms with van der Waals surface area (Å²) in [5.74, 6) is -0.192. The minimum absolute atomic E-state index is 0.192. The number of aromatic nitrogens is 3. The van der Waals surface area contributed by atoms with Crippen molar-refractivity contribution in [3.8, 4) is 0 Å². The first kappa shape index (κ1) is 12.2.